The third kappa shape index (κ3) is 3.20. The average Bonchev–Trinajstić information content (AvgIpc) is 2.31. The van der Waals surface area contributed by atoms with Gasteiger partial charge in [-0.2, -0.15) is 0 Å². The second kappa shape index (κ2) is 3.51. The lowest BCUT2D eigenvalue weighted by Gasteiger charge is -2.24. The zero-order valence-electron chi connectivity index (χ0n) is 8.11. The van der Waals surface area contributed by atoms with Crippen LogP contribution in [0.3, 0.4) is 0 Å². The van der Waals surface area contributed by atoms with Crippen LogP contribution < -0.4 is 10.6 Å². The van der Waals surface area contributed by atoms with E-state index in [1.165, 1.54) is 11.3 Å². The minimum absolute atomic E-state index is 0.542. The molecule has 0 aromatic carbocycles. The van der Waals surface area contributed by atoms with Crippen LogP contribution in [0.4, 0.5) is 10.1 Å². The van der Waals surface area contributed by atoms with Gasteiger partial charge >= 0.3 is 0 Å². The van der Waals surface area contributed by atoms with E-state index in [4.69, 9.17) is 5.73 Å². The predicted molar refractivity (Wildman–Crippen MR) is 56.1 cm³/mol. The minimum Gasteiger partial charge on any atom is -0.389 e. The molecule has 1 aromatic heterocycles. The summed E-state index contributed by atoms with van der Waals surface area (Å²) >= 11 is 1.42. The standard InChI is InChI=1S/C8H15N3OS/c1-8(2,12)5-11(3)7-10-4-6(9)13-7/h4,12H,5,9H2,1-3H3. The van der Waals surface area contributed by atoms with Crippen molar-refractivity contribution in [2.45, 2.75) is 19.4 Å². The quantitative estimate of drug-likeness (QED) is 0.763. The highest BCUT2D eigenvalue weighted by atomic mass is 32.1. The lowest BCUT2D eigenvalue weighted by Crippen LogP contribution is -2.36. The van der Waals surface area contributed by atoms with E-state index < -0.39 is 5.60 Å². The maximum absolute atomic E-state index is 9.56. The fourth-order valence-electron chi connectivity index (χ4n) is 1.10. The summed E-state index contributed by atoms with van der Waals surface area (Å²) in [4.78, 5) is 6.00. The summed E-state index contributed by atoms with van der Waals surface area (Å²) in [6.45, 7) is 4.07. The van der Waals surface area contributed by atoms with Gasteiger partial charge in [-0.3, -0.25) is 0 Å². The molecule has 0 saturated heterocycles. The van der Waals surface area contributed by atoms with Crippen molar-refractivity contribution in [2.24, 2.45) is 0 Å². The van der Waals surface area contributed by atoms with Gasteiger partial charge in [0.1, 0.15) is 5.00 Å². The highest BCUT2D eigenvalue weighted by Crippen LogP contribution is 2.23. The average molecular weight is 201 g/mol. The Kier molecular flexibility index (Phi) is 2.77. The zero-order chi connectivity index (χ0) is 10.1. The topological polar surface area (TPSA) is 62.4 Å². The van der Waals surface area contributed by atoms with Gasteiger partial charge in [0, 0.05) is 13.6 Å². The maximum Gasteiger partial charge on any atom is 0.187 e. The van der Waals surface area contributed by atoms with Crippen LogP contribution in [0.1, 0.15) is 13.8 Å². The van der Waals surface area contributed by atoms with Crippen LogP contribution in [0.5, 0.6) is 0 Å². The van der Waals surface area contributed by atoms with Crippen molar-refractivity contribution in [3.8, 4) is 0 Å². The number of hydrogen-bond donors (Lipinski definition) is 2. The summed E-state index contributed by atoms with van der Waals surface area (Å²) in [5.41, 5.74) is 4.83. The molecule has 1 aromatic rings. The van der Waals surface area contributed by atoms with Gasteiger partial charge in [0.2, 0.25) is 0 Å². The van der Waals surface area contributed by atoms with Crippen molar-refractivity contribution < 1.29 is 5.11 Å². The molecule has 0 aliphatic carbocycles. The third-order valence-corrected chi connectivity index (χ3v) is 2.40. The number of nitrogens with two attached hydrogens (primary N) is 1. The number of nitrogen functional groups attached to an aromatic ring is 1. The number of hydrogen-bond acceptors (Lipinski definition) is 5. The van der Waals surface area contributed by atoms with Crippen LogP contribution in [0.25, 0.3) is 0 Å². The smallest absolute Gasteiger partial charge is 0.187 e. The largest absolute Gasteiger partial charge is 0.389 e. The van der Waals surface area contributed by atoms with Gasteiger partial charge in [0.25, 0.3) is 0 Å². The first kappa shape index (κ1) is 10.3. The van der Waals surface area contributed by atoms with Gasteiger partial charge < -0.3 is 15.7 Å². The van der Waals surface area contributed by atoms with E-state index in [2.05, 4.69) is 4.98 Å². The van der Waals surface area contributed by atoms with Crippen LogP contribution in [0.15, 0.2) is 6.20 Å². The second-order valence-electron chi connectivity index (χ2n) is 3.71. The Hall–Kier alpha value is -0.810. The minimum atomic E-state index is -0.713. The van der Waals surface area contributed by atoms with E-state index in [0.717, 1.165) is 5.13 Å². The fraction of sp³-hybridized carbons (Fsp3) is 0.625. The zero-order valence-corrected chi connectivity index (χ0v) is 8.93. The molecule has 0 fully saturated rings. The van der Waals surface area contributed by atoms with Crippen molar-refractivity contribution in [3.05, 3.63) is 6.20 Å². The van der Waals surface area contributed by atoms with Crippen LogP contribution in [-0.4, -0.2) is 29.3 Å². The molecule has 1 heterocycles. The van der Waals surface area contributed by atoms with Gasteiger partial charge in [0.05, 0.1) is 11.8 Å². The molecule has 0 saturated carbocycles. The number of thiazole rings is 1. The fourth-order valence-corrected chi connectivity index (χ4v) is 1.74. The molecule has 0 aliphatic heterocycles. The number of anilines is 2. The second-order valence-corrected chi connectivity index (χ2v) is 4.75. The van der Waals surface area contributed by atoms with Gasteiger partial charge in [-0.25, -0.2) is 4.98 Å². The molecular formula is C8H15N3OS. The Morgan fingerprint density at radius 3 is 2.69 bits per heavy atom. The van der Waals surface area contributed by atoms with Crippen molar-refractivity contribution in [1.82, 2.24) is 4.98 Å². The highest BCUT2D eigenvalue weighted by Gasteiger charge is 2.17. The monoisotopic (exact) mass is 201 g/mol. The van der Waals surface area contributed by atoms with Crippen molar-refractivity contribution in [3.63, 3.8) is 0 Å². The summed E-state index contributed by atoms with van der Waals surface area (Å²) < 4.78 is 0. The summed E-state index contributed by atoms with van der Waals surface area (Å²) in [5, 5.41) is 11.1. The Morgan fingerprint density at radius 2 is 2.31 bits per heavy atom. The molecule has 13 heavy (non-hydrogen) atoms. The van der Waals surface area contributed by atoms with Crippen molar-refractivity contribution in [2.75, 3.05) is 24.2 Å². The van der Waals surface area contributed by atoms with E-state index in [1.807, 2.05) is 11.9 Å². The van der Waals surface area contributed by atoms with Gasteiger partial charge in [0.15, 0.2) is 5.13 Å². The molecule has 5 heteroatoms. The Morgan fingerprint density at radius 1 is 1.69 bits per heavy atom. The molecule has 0 atom stereocenters. The van der Waals surface area contributed by atoms with Crippen LogP contribution in [0.2, 0.25) is 0 Å². The molecular weight excluding hydrogens is 186 g/mol. The predicted octanol–water partition coefficient (Wildman–Crippen LogP) is 0.932. The molecule has 3 N–H and O–H groups in total. The van der Waals surface area contributed by atoms with Crippen LogP contribution in [-0.2, 0) is 0 Å². The SMILES string of the molecule is CN(CC(C)(C)O)c1ncc(N)s1. The maximum atomic E-state index is 9.56. The number of rotatable bonds is 3. The summed E-state index contributed by atoms with van der Waals surface area (Å²) in [7, 11) is 1.89. The third-order valence-electron chi connectivity index (χ3n) is 1.46. The molecule has 1 rings (SSSR count). The van der Waals surface area contributed by atoms with Crippen molar-refractivity contribution >= 4 is 21.5 Å². The first-order chi connectivity index (χ1) is 5.88. The number of likely N-dealkylation sites (N-methyl/N-ethyl adjacent to an activating group) is 1. The Bertz CT molecular complexity index is 279. The lowest BCUT2D eigenvalue weighted by molar-refractivity contribution is 0.0886. The molecule has 0 aliphatic rings. The Labute approximate surface area is 82.0 Å². The summed E-state index contributed by atoms with van der Waals surface area (Å²) in [6.07, 6.45) is 1.63. The van der Waals surface area contributed by atoms with E-state index in [0.29, 0.717) is 11.5 Å². The molecule has 0 spiro atoms. The first-order valence-electron chi connectivity index (χ1n) is 4.03. The number of aliphatic hydroxyl groups is 1. The van der Waals surface area contributed by atoms with E-state index in [9.17, 15) is 5.11 Å². The van der Waals surface area contributed by atoms with Crippen LogP contribution in [0, 0.1) is 0 Å². The molecule has 0 unspecified atom stereocenters. The Balaban J connectivity index is 2.64. The van der Waals surface area contributed by atoms with Crippen molar-refractivity contribution in [1.29, 1.82) is 0 Å². The highest BCUT2D eigenvalue weighted by molar-refractivity contribution is 7.19. The normalized spacial score (nSPS) is 11.7. The van der Waals surface area contributed by atoms with Crippen LogP contribution >= 0.6 is 11.3 Å². The summed E-state index contributed by atoms with van der Waals surface area (Å²) in [6, 6.07) is 0. The molecule has 0 radical (unpaired) electrons. The number of aromatic nitrogens is 1. The lowest BCUT2D eigenvalue weighted by atomic mass is 10.1. The first-order valence-corrected chi connectivity index (χ1v) is 4.85. The van der Waals surface area contributed by atoms with E-state index in [-0.39, 0.29) is 0 Å². The molecule has 4 nitrogen and oxygen atoms in total. The van der Waals surface area contributed by atoms with E-state index in [1.54, 1.807) is 20.0 Å². The number of nitrogens with zero attached hydrogens (tertiary/aromatic N) is 2. The van der Waals surface area contributed by atoms with Gasteiger partial charge in [-0.1, -0.05) is 11.3 Å². The molecule has 74 valence electrons. The molecule has 0 amide bonds. The summed E-state index contributed by atoms with van der Waals surface area (Å²) in [5.74, 6) is 0. The van der Waals surface area contributed by atoms with E-state index >= 15 is 0 Å². The van der Waals surface area contributed by atoms with Gasteiger partial charge in [-0.05, 0) is 13.8 Å². The molecule has 0 bridgehead atoms. The van der Waals surface area contributed by atoms with Gasteiger partial charge in [-0.15, -0.1) is 0 Å².